The second-order valence-electron chi connectivity index (χ2n) is 5.63. The summed E-state index contributed by atoms with van der Waals surface area (Å²) in [4.78, 5) is 3.02. The van der Waals surface area contributed by atoms with Crippen LogP contribution in [0.25, 0.3) is 5.69 Å². The van der Waals surface area contributed by atoms with Gasteiger partial charge in [-0.05, 0) is 12.1 Å². The fraction of sp³-hybridized carbons (Fsp3) is 0.286. The van der Waals surface area contributed by atoms with Gasteiger partial charge in [0.25, 0.3) is 0 Å². The fourth-order valence-corrected chi connectivity index (χ4v) is 4.00. The molecule has 6 nitrogen and oxygen atoms in total. The summed E-state index contributed by atoms with van der Waals surface area (Å²) < 4.78 is 90.7. The van der Waals surface area contributed by atoms with Crippen molar-refractivity contribution < 1.29 is 30.9 Å². The third-order valence-corrected chi connectivity index (χ3v) is 5.50. The maximum Gasteiger partial charge on any atom is 0.578 e. The first kappa shape index (κ1) is 21.9. The lowest BCUT2D eigenvalue weighted by molar-refractivity contribution is -0.137. The van der Waals surface area contributed by atoms with Crippen LogP contribution >= 0.6 is 23.2 Å². The molecule has 0 radical (unpaired) electrons. The minimum absolute atomic E-state index is 0.0952. The van der Waals surface area contributed by atoms with E-state index in [1.807, 2.05) is 0 Å². The van der Waals surface area contributed by atoms with Crippen molar-refractivity contribution in [1.29, 1.82) is 0 Å². The molecule has 2 heterocycles. The van der Waals surface area contributed by atoms with E-state index in [0.717, 1.165) is 0 Å². The number of hydrogen-bond donors (Lipinski definition) is 2. The van der Waals surface area contributed by atoms with Crippen molar-refractivity contribution in [2.45, 2.75) is 16.6 Å². The number of hydrogen-bond acceptors (Lipinski definition) is 5. The van der Waals surface area contributed by atoms with Gasteiger partial charge >= 0.3 is 11.7 Å². The Morgan fingerprint density at radius 3 is 2.17 bits per heavy atom. The maximum atomic E-state index is 13.1. The van der Waals surface area contributed by atoms with Gasteiger partial charge in [0.2, 0.25) is 4.90 Å². The Morgan fingerprint density at radius 1 is 1.14 bits per heavy atom. The lowest BCUT2D eigenvalue weighted by atomic mass is 10.2. The summed E-state index contributed by atoms with van der Waals surface area (Å²) in [6.07, 6.45) is -4.77. The molecule has 29 heavy (non-hydrogen) atoms. The van der Waals surface area contributed by atoms with E-state index in [-0.39, 0.29) is 12.4 Å². The molecule has 0 amide bonds. The number of amidine groups is 1. The number of aromatic nitrogens is 2. The van der Waals surface area contributed by atoms with Crippen LogP contribution in [0, 0.1) is 0 Å². The number of alkyl halides is 6. The second-order valence-corrected chi connectivity index (χ2v) is 7.86. The number of nitrogen functional groups attached to an aromatic ring is 1. The molecule has 3 N–H and O–H groups in total. The number of nitrogens with two attached hydrogens (primary N) is 1. The highest BCUT2D eigenvalue weighted by molar-refractivity contribution is 7.92. The highest BCUT2D eigenvalue weighted by atomic mass is 35.5. The number of halogens is 8. The standard InChI is InChI=1S/C14H9Cl2F6N5OS/c15-6-3-5(13(17,18)19)4-7(16)9(6)27-11(23)10(29(28)14(20,21)22)8(26-27)12-24-1-2-25-12/h3-4H,1-2,23H2,(H,24,25). The third kappa shape index (κ3) is 4.09. The molecule has 0 fully saturated rings. The van der Waals surface area contributed by atoms with E-state index in [9.17, 15) is 30.9 Å². The van der Waals surface area contributed by atoms with Crippen LogP contribution in [0.3, 0.4) is 0 Å². The molecule has 15 heteroatoms. The monoisotopic (exact) mass is 479 g/mol. The summed E-state index contributed by atoms with van der Waals surface area (Å²) in [7, 11) is 0. The molecule has 1 unspecified atom stereocenters. The molecular formula is C14H9Cl2F6N5OS. The minimum atomic E-state index is -5.18. The molecule has 3 rings (SSSR count). The largest absolute Gasteiger partial charge is 0.604 e. The van der Waals surface area contributed by atoms with Crippen molar-refractivity contribution in [3.05, 3.63) is 33.4 Å². The van der Waals surface area contributed by atoms with Crippen LogP contribution in [0.2, 0.25) is 10.0 Å². The topological polar surface area (TPSA) is 91.3 Å². The molecule has 1 aliphatic rings. The van der Waals surface area contributed by atoms with Gasteiger partial charge in [0.1, 0.15) is 16.9 Å². The molecule has 1 aromatic carbocycles. The highest BCUT2D eigenvalue weighted by Crippen LogP contribution is 2.41. The summed E-state index contributed by atoms with van der Waals surface area (Å²) in [5.74, 6) is -0.849. The van der Waals surface area contributed by atoms with Crippen LogP contribution in [0.5, 0.6) is 0 Å². The summed E-state index contributed by atoms with van der Waals surface area (Å²) in [6, 6.07) is 1.05. The van der Waals surface area contributed by atoms with E-state index >= 15 is 0 Å². The van der Waals surface area contributed by atoms with E-state index in [0.29, 0.717) is 23.4 Å². The zero-order valence-electron chi connectivity index (χ0n) is 13.8. The Labute approximate surface area is 171 Å². The number of rotatable bonds is 3. The molecule has 2 aromatic rings. The molecule has 158 valence electrons. The lowest BCUT2D eigenvalue weighted by Gasteiger charge is -2.14. The van der Waals surface area contributed by atoms with Gasteiger partial charge in [0.05, 0.1) is 22.2 Å². The van der Waals surface area contributed by atoms with Crippen molar-refractivity contribution in [2.75, 3.05) is 18.8 Å². The predicted molar refractivity (Wildman–Crippen MR) is 94.9 cm³/mol. The predicted octanol–water partition coefficient (Wildman–Crippen LogP) is 3.76. The Hall–Kier alpha value is -1.83. The number of nitrogens with zero attached hydrogens (tertiary/aromatic N) is 3. The van der Waals surface area contributed by atoms with Crippen LogP contribution in [0.1, 0.15) is 11.3 Å². The summed E-state index contributed by atoms with van der Waals surface area (Å²) >= 11 is 8.19. The molecule has 0 bridgehead atoms. The number of aliphatic imine (C=N–C) groups is 1. The average Bonchev–Trinajstić information content (AvgIpc) is 3.20. The van der Waals surface area contributed by atoms with Gasteiger partial charge in [-0.1, -0.05) is 23.2 Å². The normalized spacial score (nSPS) is 16.0. The highest BCUT2D eigenvalue weighted by Gasteiger charge is 2.50. The minimum Gasteiger partial charge on any atom is -0.604 e. The van der Waals surface area contributed by atoms with Crippen molar-refractivity contribution >= 4 is 46.0 Å². The second kappa shape index (κ2) is 7.45. The van der Waals surface area contributed by atoms with Crippen molar-refractivity contribution in [3.8, 4) is 5.69 Å². The van der Waals surface area contributed by atoms with Gasteiger partial charge < -0.3 is 15.6 Å². The summed E-state index contributed by atoms with van der Waals surface area (Å²) in [5.41, 5.74) is -1.48. The van der Waals surface area contributed by atoms with Gasteiger partial charge in [0.15, 0.2) is 17.3 Å². The first-order valence-electron chi connectivity index (χ1n) is 7.54. The molecule has 1 atom stereocenters. The number of nitrogens with one attached hydrogen (secondary N) is 1. The van der Waals surface area contributed by atoms with E-state index in [1.54, 1.807) is 0 Å². The van der Waals surface area contributed by atoms with Crippen LogP contribution in [-0.4, -0.2) is 38.8 Å². The van der Waals surface area contributed by atoms with Gasteiger partial charge in [-0.25, -0.2) is 4.68 Å². The van der Waals surface area contributed by atoms with Crippen LogP contribution in [-0.2, 0) is 17.4 Å². The van der Waals surface area contributed by atoms with Crippen LogP contribution in [0.4, 0.5) is 32.2 Å². The van der Waals surface area contributed by atoms with Crippen LogP contribution < -0.4 is 11.1 Å². The molecule has 1 aliphatic heterocycles. The zero-order valence-corrected chi connectivity index (χ0v) is 16.2. The lowest BCUT2D eigenvalue weighted by Crippen LogP contribution is -2.28. The Bertz CT molecular complexity index is 967. The van der Waals surface area contributed by atoms with Crippen molar-refractivity contribution in [2.24, 2.45) is 4.99 Å². The van der Waals surface area contributed by atoms with E-state index < -0.39 is 60.6 Å². The Kier molecular flexibility index (Phi) is 5.62. The van der Waals surface area contributed by atoms with E-state index in [4.69, 9.17) is 28.9 Å². The average molecular weight is 480 g/mol. The third-order valence-electron chi connectivity index (χ3n) is 3.73. The summed E-state index contributed by atoms with van der Waals surface area (Å²) in [6.45, 7) is 0.518. The SMILES string of the molecule is Nc1c([S+]([O-])C(F)(F)F)c(C2=NCCN2)nn1-c1c(Cl)cc(C(F)(F)F)cc1Cl. The smallest absolute Gasteiger partial charge is 0.578 e. The van der Waals surface area contributed by atoms with Gasteiger partial charge in [0, 0.05) is 6.54 Å². The van der Waals surface area contributed by atoms with Crippen LogP contribution in [0.15, 0.2) is 22.0 Å². The van der Waals surface area contributed by atoms with E-state index in [2.05, 4.69) is 15.4 Å². The fourth-order valence-electron chi connectivity index (χ4n) is 2.53. The number of anilines is 1. The van der Waals surface area contributed by atoms with E-state index in [1.165, 1.54) is 0 Å². The zero-order chi connectivity index (χ0) is 21.7. The van der Waals surface area contributed by atoms with Crippen molar-refractivity contribution in [1.82, 2.24) is 15.1 Å². The Balaban J connectivity index is 2.24. The first-order chi connectivity index (χ1) is 13.3. The summed E-state index contributed by atoms with van der Waals surface area (Å²) in [5, 5.41) is 5.39. The molecular weight excluding hydrogens is 471 g/mol. The first-order valence-corrected chi connectivity index (χ1v) is 9.45. The van der Waals surface area contributed by atoms with Gasteiger partial charge in [-0.2, -0.15) is 18.3 Å². The molecule has 0 saturated heterocycles. The number of benzene rings is 1. The molecule has 1 aromatic heterocycles. The maximum absolute atomic E-state index is 13.1. The molecule has 0 aliphatic carbocycles. The molecule has 0 saturated carbocycles. The molecule has 0 spiro atoms. The Morgan fingerprint density at radius 2 is 1.72 bits per heavy atom. The van der Waals surface area contributed by atoms with Gasteiger partial charge in [-0.15, -0.1) is 13.2 Å². The van der Waals surface area contributed by atoms with Crippen molar-refractivity contribution in [3.63, 3.8) is 0 Å². The quantitative estimate of drug-likeness (QED) is 0.517. The van der Waals surface area contributed by atoms with Gasteiger partial charge in [-0.3, -0.25) is 4.99 Å².